The predicted molar refractivity (Wildman–Crippen MR) is 140 cm³/mol. The summed E-state index contributed by atoms with van der Waals surface area (Å²) in [5.74, 6) is -3.03. The zero-order valence-electron chi connectivity index (χ0n) is 21.0. The van der Waals surface area contributed by atoms with Crippen LogP contribution in [0.3, 0.4) is 0 Å². The number of hydrogen-bond donors (Lipinski definition) is 6. The Morgan fingerprint density at radius 2 is 1.39 bits per heavy atom. The number of carboxylic acid groups (broad SMARTS) is 1. The van der Waals surface area contributed by atoms with Gasteiger partial charge in [0, 0.05) is 24.7 Å². The Bertz CT molecular complexity index is 1200. The van der Waals surface area contributed by atoms with E-state index in [1.165, 1.54) is 19.4 Å². The summed E-state index contributed by atoms with van der Waals surface area (Å²) in [6, 6.07) is 13.9. The Kier molecular flexibility index (Phi) is 10.1. The molecule has 200 valence electrons. The molecule has 1 aromatic heterocycles. The maximum atomic E-state index is 13.1. The van der Waals surface area contributed by atoms with E-state index >= 15 is 0 Å². The largest absolute Gasteiger partial charge is 0.480 e. The highest BCUT2D eigenvalue weighted by molar-refractivity contribution is 5.94. The van der Waals surface area contributed by atoms with E-state index in [1.807, 2.05) is 36.4 Å². The first-order valence-corrected chi connectivity index (χ1v) is 12.2. The van der Waals surface area contributed by atoms with Gasteiger partial charge in [-0.25, -0.2) is 9.78 Å². The minimum absolute atomic E-state index is 0.0312. The van der Waals surface area contributed by atoms with E-state index in [2.05, 4.69) is 25.9 Å². The topological polar surface area (TPSA) is 179 Å². The number of aromatic amines is 1. The van der Waals surface area contributed by atoms with Crippen molar-refractivity contribution in [3.63, 3.8) is 0 Å². The van der Waals surface area contributed by atoms with E-state index in [1.54, 1.807) is 24.3 Å². The molecule has 0 aliphatic carbocycles. The number of imidazole rings is 1. The third kappa shape index (κ3) is 8.56. The molecule has 4 atom stereocenters. The van der Waals surface area contributed by atoms with Crippen LogP contribution >= 0.6 is 0 Å². The Morgan fingerprint density at radius 1 is 0.816 bits per heavy atom. The van der Waals surface area contributed by atoms with Crippen molar-refractivity contribution in [1.29, 1.82) is 0 Å². The van der Waals surface area contributed by atoms with Gasteiger partial charge in [0.15, 0.2) is 0 Å². The third-order valence-corrected chi connectivity index (χ3v) is 5.90. The van der Waals surface area contributed by atoms with Crippen LogP contribution in [0.15, 0.2) is 73.2 Å². The van der Waals surface area contributed by atoms with Crippen LogP contribution in [0.2, 0.25) is 0 Å². The summed E-state index contributed by atoms with van der Waals surface area (Å²) in [7, 11) is 0. The number of aromatic nitrogens is 2. The molecule has 3 rings (SSSR count). The van der Waals surface area contributed by atoms with Crippen LogP contribution in [0.1, 0.15) is 23.7 Å². The molecule has 4 unspecified atom stereocenters. The average Bonchev–Trinajstić information content (AvgIpc) is 3.42. The summed E-state index contributed by atoms with van der Waals surface area (Å²) in [6.45, 7) is 1.48. The Hall–Kier alpha value is -4.51. The first kappa shape index (κ1) is 28.1. The van der Waals surface area contributed by atoms with Gasteiger partial charge in [-0.15, -0.1) is 0 Å². The number of nitrogens with two attached hydrogens (primary N) is 1. The minimum Gasteiger partial charge on any atom is -0.480 e. The van der Waals surface area contributed by atoms with Gasteiger partial charge in [-0.1, -0.05) is 60.7 Å². The first-order chi connectivity index (χ1) is 18.2. The number of carboxylic acids is 1. The molecule has 1 heterocycles. The van der Waals surface area contributed by atoms with E-state index < -0.39 is 47.9 Å². The van der Waals surface area contributed by atoms with Crippen molar-refractivity contribution in [2.45, 2.75) is 50.4 Å². The van der Waals surface area contributed by atoms with E-state index in [0.717, 1.165) is 11.1 Å². The molecule has 0 aliphatic heterocycles. The monoisotopic (exact) mass is 520 g/mol. The number of benzene rings is 2. The maximum absolute atomic E-state index is 13.1. The highest BCUT2D eigenvalue weighted by atomic mass is 16.4. The van der Waals surface area contributed by atoms with Crippen molar-refractivity contribution >= 4 is 23.7 Å². The lowest BCUT2D eigenvalue weighted by molar-refractivity contribution is -0.142. The zero-order valence-corrected chi connectivity index (χ0v) is 21.0. The van der Waals surface area contributed by atoms with Gasteiger partial charge in [-0.3, -0.25) is 14.4 Å². The van der Waals surface area contributed by atoms with Crippen molar-refractivity contribution in [1.82, 2.24) is 25.9 Å². The number of nitrogens with one attached hydrogen (secondary N) is 4. The van der Waals surface area contributed by atoms with Crippen molar-refractivity contribution < 1.29 is 24.3 Å². The number of carbonyl (C=O) groups excluding carboxylic acids is 3. The third-order valence-electron chi connectivity index (χ3n) is 5.90. The molecule has 11 nitrogen and oxygen atoms in total. The standard InChI is InChI=1S/C27H32N6O5/c1-17(31-25(35)21(28)12-18-8-4-2-5-9-18)24(34)32-22(14-20-15-29-16-30-20)26(36)33-23(27(37)38)13-19-10-6-3-7-11-19/h2-11,15-17,21-23H,12-14,28H2,1H3,(H,29,30)(H,31,35)(H,32,34)(H,33,36)(H,37,38). The number of rotatable bonds is 13. The van der Waals surface area contributed by atoms with Crippen molar-refractivity contribution in [3.05, 3.63) is 90.0 Å². The number of H-pyrrole nitrogens is 1. The molecule has 0 saturated heterocycles. The summed E-state index contributed by atoms with van der Waals surface area (Å²) in [6.07, 6.45) is 3.32. The Morgan fingerprint density at radius 3 is 1.95 bits per heavy atom. The normalized spacial score (nSPS) is 13.9. The molecule has 0 spiro atoms. The average molecular weight is 521 g/mol. The molecule has 3 aromatic rings. The second-order valence-corrected chi connectivity index (χ2v) is 8.96. The molecule has 11 heteroatoms. The number of amides is 3. The van der Waals surface area contributed by atoms with Crippen molar-refractivity contribution in [3.8, 4) is 0 Å². The summed E-state index contributed by atoms with van der Waals surface area (Å²) in [4.78, 5) is 57.3. The van der Waals surface area contributed by atoms with E-state index in [9.17, 15) is 24.3 Å². The number of nitrogens with zero attached hydrogens (tertiary/aromatic N) is 1. The van der Waals surface area contributed by atoms with Gasteiger partial charge in [0.05, 0.1) is 12.4 Å². The Balaban J connectivity index is 1.64. The van der Waals surface area contributed by atoms with Crippen molar-refractivity contribution in [2.24, 2.45) is 5.73 Å². The quantitative estimate of drug-likeness (QED) is 0.188. The predicted octanol–water partition coefficient (Wildman–Crippen LogP) is 0.324. The minimum atomic E-state index is -1.21. The first-order valence-electron chi connectivity index (χ1n) is 12.2. The summed E-state index contributed by atoms with van der Waals surface area (Å²) in [5, 5.41) is 17.4. The number of aliphatic carboxylic acids is 1. The molecule has 2 aromatic carbocycles. The number of hydrogen-bond acceptors (Lipinski definition) is 6. The second kappa shape index (κ2) is 13.7. The van der Waals surface area contributed by atoms with Crippen LogP contribution in [0.25, 0.3) is 0 Å². The summed E-state index contributed by atoms with van der Waals surface area (Å²) < 4.78 is 0. The van der Waals surface area contributed by atoms with Crippen LogP contribution < -0.4 is 21.7 Å². The van der Waals surface area contributed by atoms with Gasteiger partial charge >= 0.3 is 5.97 Å². The van der Waals surface area contributed by atoms with Crippen LogP contribution in [0, 0.1) is 0 Å². The van der Waals surface area contributed by atoms with E-state index in [4.69, 9.17) is 5.73 Å². The van der Waals surface area contributed by atoms with Crippen molar-refractivity contribution in [2.75, 3.05) is 0 Å². The molecular weight excluding hydrogens is 488 g/mol. The van der Waals surface area contributed by atoms with Crippen LogP contribution in [0.5, 0.6) is 0 Å². The van der Waals surface area contributed by atoms with Gasteiger partial charge in [-0.2, -0.15) is 0 Å². The van der Waals surface area contributed by atoms with Crippen LogP contribution in [-0.2, 0) is 38.4 Å². The molecule has 0 aliphatic rings. The Labute approximate surface area is 220 Å². The molecule has 0 radical (unpaired) electrons. The van der Waals surface area contributed by atoms with Gasteiger partial charge in [-0.05, 0) is 24.5 Å². The van der Waals surface area contributed by atoms with Gasteiger partial charge in [0.2, 0.25) is 17.7 Å². The molecule has 0 bridgehead atoms. The second-order valence-electron chi connectivity index (χ2n) is 8.96. The zero-order chi connectivity index (χ0) is 27.5. The fourth-order valence-corrected chi connectivity index (χ4v) is 3.79. The summed E-state index contributed by atoms with van der Waals surface area (Å²) >= 11 is 0. The lowest BCUT2D eigenvalue weighted by Crippen LogP contribution is -2.57. The molecule has 0 fully saturated rings. The fraction of sp³-hybridized carbons (Fsp3) is 0.296. The fourth-order valence-electron chi connectivity index (χ4n) is 3.79. The molecule has 3 amide bonds. The highest BCUT2D eigenvalue weighted by Crippen LogP contribution is 2.06. The molecule has 0 saturated carbocycles. The smallest absolute Gasteiger partial charge is 0.326 e. The lowest BCUT2D eigenvalue weighted by atomic mass is 10.0. The lowest BCUT2D eigenvalue weighted by Gasteiger charge is -2.23. The van der Waals surface area contributed by atoms with Gasteiger partial charge in [0.25, 0.3) is 0 Å². The molecular formula is C27H32N6O5. The highest BCUT2D eigenvalue weighted by Gasteiger charge is 2.29. The number of carbonyl (C=O) groups is 4. The molecule has 38 heavy (non-hydrogen) atoms. The van der Waals surface area contributed by atoms with Gasteiger partial charge in [0.1, 0.15) is 18.1 Å². The van der Waals surface area contributed by atoms with E-state index in [0.29, 0.717) is 12.1 Å². The van der Waals surface area contributed by atoms with E-state index in [-0.39, 0.29) is 12.8 Å². The van der Waals surface area contributed by atoms with Crippen LogP contribution in [0.4, 0.5) is 0 Å². The maximum Gasteiger partial charge on any atom is 0.326 e. The van der Waals surface area contributed by atoms with Crippen LogP contribution in [-0.4, -0.2) is 62.9 Å². The summed E-state index contributed by atoms with van der Waals surface area (Å²) in [5.41, 5.74) is 8.18. The van der Waals surface area contributed by atoms with Gasteiger partial charge < -0.3 is 31.8 Å². The molecule has 7 N–H and O–H groups in total. The SMILES string of the molecule is CC(NC(=O)C(N)Cc1ccccc1)C(=O)NC(Cc1cnc[nH]1)C(=O)NC(Cc1ccccc1)C(=O)O.